The van der Waals surface area contributed by atoms with Crippen LogP contribution in [-0.2, 0) is 27.3 Å². The van der Waals surface area contributed by atoms with Crippen molar-refractivity contribution in [2.24, 2.45) is 0 Å². The maximum absolute atomic E-state index is 12.4. The first-order valence-corrected chi connectivity index (χ1v) is 9.51. The molecule has 0 radical (unpaired) electrons. The quantitative estimate of drug-likeness (QED) is 0.499. The number of rotatable bonds is 6. The molecule has 0 spiro atoms. The number of fused-ring (bicyclic) bond motifs is 3. The molecule has 29 heavy (non-hydrogen) atoms. The summed E-state index contributed by atoms with van der Waals surface area (Å²) in [5.41, 5.74) is 2.45. The van der Waals surface area contributed by atoms with Crippen LogP contribution in [0.15, 0.2) is 77.4 Å². The van der Waals surface area contributed by atoms with E-state index in [1.54, 1.807) is 13.2 Å². The average Bonchev–Trinajstić information content (AvgIpc) is 3.15. The molecule has 0 unspecified atom stereocenters. The van der Waals surface area contributed by atoms with E-state index in [2.05, 4.69) is 5.32 Å². The van der Waals surface area contributed by atoms with Gasteiger partial charge in [0.25, 0.3) is 5.91 Å². The zero-order chi connectivity index (χ0) is 20.2. The summed E-state index contributed by atoms with van der Waals surface area (Å²) in [6.07, 6.45) is 0.747. The highest BCUT2D eigenvalue weighted by Crippen LogP contribution is 2.30. The second-order valence-corrected chi connectivity index (χ2v) is 6.93. The van der Waals surface area contributed by atoms with Gasteiger partial charge in [0.05, 0.1) is 12.7 Å². The molecule has 1 atom stereocenters. The van der Waals surface area contributed by atoms with Gasteiger partial charge in [0, 0.05) is 17.5 Å². The number of benzene rings is 3. The number of furan rings is 1. The molecule has 5 heteroatoms. The predicted molar refractivity (Wildman–Crippen MR) is 111 cm³/mol. The van der Waals surface area contributed by atoms with Gasteiger partial charge in [-0.15, -0.1) is 0 Å². The lowest BCUT2D eigenvalue weighted by Crippen LogP contribution is -2.35. The Hall–Kier alpha value is -3.60. The summed E-state index contributed by atoms with van der Waals surface area (Å²) >= 11 is 0. The molecule has 146 valence electrons. The van der Waals surface area contributed by atoms with Gasteiger partial charge in [-0.05, 0) is 29.3 Å². The molecule has 5 nitrogen and oxygen atoms in total. The number of hydrogen-bond acceptors (Lipinski definition) is 4. The molecule has 0 aliphatic heterocycles. The van der Waals surface area contributed by atoms with Crippen molar-refractivity contribution in [1.29, 1.82) is 0 Å². The largest absolute Gasteiger partial charge is 0.464 e. The van der Waals surface area contributed by atoms with Crippen molar-refractivity contribution in [3.8, 4) is 0 Å². The molecule has 1 amide bonds. The van der Waals surface area contributed by atoms with E-state index in [-0.39, 0.29) is 12.3 Å². The zero-order valence-electron chi connectivity index (χ0n) is 16.1. The Labute approximate surface area is 168 Å². The molecular weight excluding hydrogens is 366 g/mol. The van der Waals surface area contributed by atoms with Crippen LogP contribution in [0, 0.1) is 0 Å². The fourth-order valence-corrected chi connectivity index (χ4v) is 3.38. The molecule has 4 rings (SSSR count). The van der Waals surface area contributed by atoms with Gasteiger partial charge < -0.3 is 14.5 Å². The Morgan fingerprint density at radius 3 is 2.59 bits per heavy atom. The maximum atomic E-state index is 12.4. The minimum Gasteiger partial charge on any atom is -0.464 e. The van der Waals surface area contributed by atoms with E-state index in [1.807, 2.05) is 66.7 Å². The van der Waals surface area contributed by atoms with Crippen LogP contribution < -0.4 is 5.32 Å². The Bertz CT molecular complexity index is 1160. The first kappa shape index (κ1) is 18.7. The molecule has 1 N–H and O–H groups in total. The third kappa shape index (κ3) is 4.14. The summed E-state index contributed by atoms with van der Waals surface area (Å²) < 4.78 is 11.0. The average molecular weight is 387 g/mol. The molecule has 1 heterocycles. The summed E-state index contributed by atoms with van der Waals surface area (Å²) in [5.74, 6) is -0.798. The molecule has 4 aromatic rings. The normalized spacial score (nSPS) is 12.0. The molecule has 0 bridgehead atoms. The molecule has 3 aromatic carbocycles. The number of carbonyl (C=O) groups is 2. The highest BCUT2D eigenvalue weighted by Gasteiger charge is 2.20. The number of amides is 1. The van der Waals surface area contributed by atoms with Gasteiger partial charge in [-0.3, -0.25) is 9.59 Å². The van der Waals surface area contributed by atoms with Crippen molar-refractivity contribution in [2.45, 2.75) is 26.0 Å². The highest BCUT2D eigenvalue weighted by molar-refractivity contribution is 6.08. The fourth-order valence-electron chi connectivity index (χ4n) is 3.38. The predicted octanol–water partition coefficient (Wildman–Crippen LogP) is 4.38. The van der Waals surface area contributed by atoms with Gasteiger partial charge in [-0.2, -0.15) is 0 Å². The number of ether oxygens (including phenoxy) is 1. The van der Waals surface area contributed by atoms with E-state index in [0.717, 1.165) is 32.9 Å². The maximum Gasteiger partial charge on any atom is 0.311 e. The fraction of sp³-hybridized carbons (Fsp3) is 0.167. The smallest absolute Gasteiger partial charge is 0.311 e. The van der Waals surface area contributed by atoms with Crippen LogP contribution in [0.25, 0.3) is 21.7 Å². The van der Waals surface area contributed by atoms with Crippen LogP contribution in [0.3, 0.4) is 0 Å². The van der Waals surface area contributed by atoms with Crippen molar-refractivity contribution in [3.63, 3.8) is 0 Å². The van der Waals surface area contributed by atoms with Gasteiger partial charge in [-0.25, -0.2) is 0 Å². The van der Waals surface area contributed by atoms with Crippen LogP contribution in [-0.4, -0.2) is 18.0 Å². The van der Waals surface area contributed by atoms with Crippen molar-refractivity contribution in [3.05, 3.63) is 84.1 Å². The first-order valence-electron chi connectivity index (χ1n) is 9.51. The van der Waals surface area contributed by atoms with Gasteiger partial charge >= 0.3 is 5.97 Å². The monoisotopic (exact) mass is 387 g/mol. The van der Waals surface area contributed by atoms with Gasteiger partial charge in [0.15, 0.2) is 6.10 Å². The van der Waals surface area contributed by atoms with Gasteiger partial charge in [-0.1, -0.05) is 60.7 Å². The second kappa shape index (κ2) is 8.19. The second-order valence-electron chi connectivity index (χ2n) is 6.93. The number of nitrogens with one attached hydrogen (secondary N) is 1. The number of esters is 1. The van der Waals surface area contributed by atoms with Crippen LogP contribution >= 0.6 is 0 Å². The van der Waals surface area contributed by atoms with Gasteiger partial charge in [0.1, 0.15) is 5.58 Å². The molecular formula is C24H21NO4. The van der Waals surface area contributed by atoms with E-state index in [1.165, 1.54) is 0 Å². The van der Waals surface area contributed by atoms with Crippen LogP contribution in [0.1, 0.15) is 18.1 Å². The minimum atomic E-state index is -0.874. The number of hydrogen-bond donors (Lipinski definition) is 1. The number of carbonyl (C=O) groups excluding carboxylic acids is 2. The molecule has 0 fully saturated rings. The molecule has 0 saturated heterocycles. The summed E-state index contributed by atoms with van der Waals surface area (Å²) in [7, 11) is 0. The van der Waals surface area contributed by atoms with Crippen molar-refractivity contribution in [2.75, 3.05) is 0 Å². The Morgan fingerprint density at radius 1 is 1.00 bits per heavy atom. The molecule has 1 aromatic heterocycles. The molecule has 0 aliphatic carbocycles. The third-order valence-corrected chi connectivity index (χ3v) is 4.86. The molecule has 0 saturated carbocycles. The lowest BCUT2D eigenvalue weighted by Gasteiger charge is -2.13. The summed E-state index contributed by atoms with van der Waals surface area (Å²) in [6, 6.07) is 21.4. The summed E-state index contributed by atoms with van der Waals surface area (Å²) in [5, 5.41) is 5.78. The van der Waals surface area contributed by atoms with E-state index in [9.17, 15) is 9.59 Å². The lowest BCUT2D eigenvalue weighted by atomic mass is 10.0. The van der Waals surface area contributed by atoms with Crippen LogP contribution in [0.5, 0.6) is 0 Å². The third-order valence-electron chi connectivity index (χ3n) is 4.86. The molecule has 0 aliphatic rings. The SMILES string of the molecule is C[C@H](OC(=O)Cc1coc2ccc3ccccc3c12)C(=O)NCc1ccccc1. The zero-order valence-corrected chi connectivity index (χ0v) is 16.1. The first-order chi connectivity index (χ1) is 14.1. The summed E-state index contributed by atoms with van der Waals surface area (Å²) in [4.78, 5) is 24.7. The Morgan fingerprint density at radius 2 is 1.76 bits per heavy atom. The topological polar surface area (TPSA) is 68.5 Å². The standard InChI is InChI=1S/C24H21NO4/c1-16(24(27)25-14-17-7-3-2-4-8-17)29-22(26)13-19-15-28-21-12-11-18-9-5-6-10-20(18)23(19)21/h2-12,15-16H,13-14H2,1H3,(H,25,27)/t16-/m0/s1. The highest BCUT2D eigenvalue weighted by atomic mass is 16.5. The van der Waals surface area contributed by atoms with E-state index >= 15 is 0 Å². The van der Waals surface area contributed by atoms with Crippen LogP contribution in [0.4, 0.5) is 0 Å². The van der Waals surface area contributed by atoms with Crippen molar-refractivity contribution < 1.29 is 18.7 Å². The minimum absolute atomic E-state index is 0.0390. The van der Waals surface area contributed by atoms with Gasteiger partial charge in [0.2, 0.25) is 0 Å². The van der Waals surface area contributed by atoms with Crippen molar-refractivity contribution >= 4 is 33.6 Å². The Balaban J connectivity index is 1.42. The lowest BCUT2D eigenvalue weighted by molar-refractivity contribution is -0.154. The van der Waals surface area contributed by atoms with E-state index in [0.29, 0.717) is 6.54 Å². The van der Waals surface area contributed by atoms with E-state index in [4.69, 9.17) is 9.15 Å². The van der Waals surface area contributed by atoms with E-state index < -0.39 is 12.1 Å². The van der Waals surface area contributed by atoms with Crippen molar-refractivity contribution in [1.82, 2.24) is 5.32 Å². The van der Waals surface area contributed by atoms with Crippen LogP contribution in [0.2, 0.25) is 0 Å². The summed E-state index contributed by atoms with van der Waals surface area (Å²) in [6.45, 7) is 1.96. The Kier molecular flexibility index (Phi) is 5.29.